The third-order valence-electron chi connectivity index (χ3n) is 4.70. The number of rotatable bonds is 6. The second-order valence-corrected chi connectivity index (χ2v) is 5.75. The molecule has 1 aliphatic rings. The molecular formula is C16H23ClF2N2O. The van der Waals surface area contributed by atoms with Gasteiger partial charge in [-0.15, -0.1) is 12.4 Å². The molecule has 1 aliphatic carbocycles. The molecule has 0 spiro atoms. The zero-order chi connectivity index (χ0) is 15.6. The third kappa shape index (κ3) is 3.41. The van der Waals surface area contributed by atoms with Crippen molar-refractivity contribution in [3.8, 4) is 0 Å². The molecule has 0 aromatic heterocycles. The van der Waals surface area contributed by atoms with Crippen LogP contribution >= 0.6 is 12.4 Å². The lowest BCUT2D eigenvalue weighted by molar-refractivity contribution is -0.131. The van der Waals surface area contributed by atoms with Gasteiger partial charge in [0.25, 0.3) is 0 Å². The van der Waals surface area contributed by atoms with Gasteiger partial charge >= 0.3 is 0 Å². The number of amides is 1. The molecule has 6 heteroatoms. The molecule has 2 rings (SSSR count). The van der Waals surface area contributed by atoms with Crippen LogP contribution in [0.25, 0.3) is 0 Å². The minimum atomic E-state index is -0.582. The number of hydrogen-bond acceptors (Lipinski definition) is 2. The van der Waals surface area contributed by atoms with Gasteiger partial charge in [0, 0.05) is 24.1 Å². The Labute approximate surface area is 136 Å². The second-order valence-electron chi connectivity index (χ2n) is 5.75. The maximum atomic E-state index is 13.7. The first-order valence-electron chi connectivity index (χ1n) is 7.44. The second kappa shape index (κ2) is 7.38. The van der Waals surface area contributed by atoms with E-state index in [1.165, 1.54) is 18.2 Å². The van der Waals surface area contributed by atoms with Gasteiger partial charge in [-0.3, -0.25) is 4.79 Å². The third-order valence-corrected chi connectivity index (χ3v) is 4.70. The summed E-state index contributed by atoms with van der Waals surface area (Å²) in [5, 5.41) is 2.90. The molecule has 0 heterocycles. The maximum absolute atomic E-state index is 13.7. The molecular weight excluding hydrogens is 310 g/mol. The molecule has 1 aromatic carbocycles. The molecule has 3 nitrogen and oxygen atoms in total. The standard InChI is InChI=1S/C16H22F2N2O.ClH/c1-3-16(4-2,9-19)15(21)20-13-8-10(13)14-11(17)6-5-7-12(14)18;/h5-7,10,13H,3-4,8-9,19H2,1-2H3,(H,20,21);1H. The van der Waals surface area contributed by atoms with E-state index in [0.29, 0.717) is 19.3 Å². The van der Waals surface area contributed by atoms with Gasteiger partial charge in [0.15, 0.2) is 0 Å². The van der Waals surface area contributed by atoms with Gasteiger partial charge in [0.2, 0.25) is 5.91 Å². The molecule has 1 aromatic rings. The average molecular weight is 333 g/mol. The predicted octanol–water partition coefficient (Wildman–Crippen LogP) is 3.12. The quantitative estimate of drug-likeness (QED) is 0.841. The molecule has 1 amide bonds. The molecule has 0 saturated heterocycles. The van der Waals surface area contributed by atoms with Crippen molar-refractivity contribution in [3.05, 3.63) is 35.4 Å². The zero-order valence-corrected chi connectivity index (χ0v) is 13.7. The molecule has 1 fully saturated rings. The summed E-state index contributed by atoms with van der Waals surface area (Å²) in [4.78, 5) is 12.4. The molecule has 2 unspecified atom stereocenters. The van der Waals surface area contributed by atoms with Crippen LogP contribution < -0.4 is 11.1 Å². The summed E-state index contributed by atoms with van der Waals surface area (Å²) in [6.07, 6.45) is 1.87. The van der Waals surface area contributed by atoms with E-state index in [4.69, 9.17) is 5.73 Å². The summed E-state index contributed by atoms with van der Waals surface area (Å²) in [6, 6.07) is 3.64. The van der Waals surface area contributed by atoms with E-state index in [2.05, 4.69) is 5.32 Å². The Hall–Kier alpha value is -1.20. The van der Waals surface area contributed by atoms with Gasteiger partial charge in [-0.2, -0.15) is 0 Å². The number of carbonyl (C=O) groups is 1. The minimum absolute atomic E-state index is 0. The smallest absolute Gasteiger partial charge is 0.227 e. The van der Waals surface area contributed by atoms with Crippen LogP contribution in [0.3, 0.4) is 0 Å². The predicted molar refractivity (Wildman–Crippen MR) is 85.0 cm³/mol. The van der Waals surface area contributed by atoms with Gasteiger partial charge in [0.1, 0.15) is 11.6 Å². The molecule has 0 aliphatic heterocycles. The fraction of sp³-hybridized carbons (Fsp3) is 0.562. The molecule has 3 N–H and O–H groups in total. The Balaban J connectivity index is 0.00000242. The fourth-order valence-electron chi connectivity index (χ4n) is 2.81. The number of nitrogens with one attached hydrogen (secondary N) is 1. The van der Waals surface area contributed by atoms with Crippen LogP contribution in [-0.2, 0) is 4.79 Å². The highest BCUT2D eigenvalue weighted by Crippen LogP contribution is 2.43. The highest BCUT2D eigenvalue weighted by Gasteiger charge is 2.45. The van der Waals surface area contributed by atoms with Gasteiger partial charge in [-0.05, 0) is 31.4 Å². The van der Waals surface area contributed by atoms with Crippen LogP contribution in [0.5, 0.6) is 0 Å². The lowest BCUT2D eigenvalue weighted by Crippen LogP contribution is -2.46. The fourth-order valence-corrected chi connectivity index (χ4v) is 2.81. The molecule has 0 bridgehead atoms. The van der Waals surface area contributed by atoms with Crippen molar-refractivity contribution in [2.75, 3.05) is 6.54 Å². The maximum Gasteiger partial charge on any atom is 0.227 e. The number of nitrogens with two attached hydrogens (primary N) is 1. The lowest BCUT2D eigenvalue weighted by atomic mass is 9.81. The van der Waals surface area contributed by atoms with Crippen LogP contribution in [-0.4, -0.2) is 18.5 Å². The zero-order valence-electron chi connectivity index (χ0n) is 12.9. The van der Waals surface area contributed by atoms with E-state index in [9.17, 15) is 13.6 Å². The summed E-state index contributed by atoms with van der Waals surface area (Å²) in [5.41, 5.74) is 5.23. The van der Waals surface area contributed by atoms with E-state index in [1.54, 1.807) is 0 Å². The summed E-state index contributed by atoms with van der Waals surface area (Å²) >= 11 is 0. The van der Waals surface area contributed by atoms with Crippen molar-refractivity contribution in [2.45, 2.75) is 45.1 Å². The number of carbonyl (C=O) groups excluding carboxylic acids is 1. The number of benzene rings is 1. The summed E-state index contributed by atoms with van der Waals surface area (Å²) in [5.74, 6) is -1.49. The first-order chi connectivity index (χ1) is 9.99. The van der Waals surface area contributed by atoms with E-state index in [0.717, 1.165) is 0 Å². The largest absolute Gasteiger partial charge is 0.352 e. The van der Waals surface area contributed by atoms with Crippen molar-refractivity contribution in [3.63, 3.8) is 0 Å². The van der Waals surface area contributed by atoms with Crippen LogP contribution in [0.1, 0.15) is 44.6 Å². The van der Waals surface area contributed by atoms with Crippen molar-refractivity contribution >= 4 is 18.3 Å². The number of hydrogen-bond donors (Lipinski definition) is 2. The van der Waals surface area contributed by atoms with Gasteiger partial charge in [-0.1, -0.05) is 19.9 Å². The van der Waals surface area contributed by atoms with E-state index in [-0.39, 0.29) is 42.4 Å². The normalized spacial score (nSPS) is 20.2. The Bertz CT molecular complexity index is 506. The first-order valence-corrected chi connectivity index (χ1v) is 7.44. The minimum Gasteiger partial charge on any atom is -0.352 e. The van der Waals surface area contributed by atoms with Gasteiger partial charge in [-0.25, -0.2) is 8.78 Å². The summed E-state index contributed by atoms with van der Waals surface area (Å²) in [6.45, 7) is 4.13. The average Bonchev–Trinajstić information content (AvgIpc) is 3.20. The Morgan fingerprint density at radius 3 is 2.32 bits per heavy atom. The Kier molecular flexibility index (Phi) is 6.32. The van der Waals surface area contributed by atoms with Crippen LogP contribution in [0.2, 0.25) is 0 Å². The van der Waals surface area contributed by atoms with E-state index >= 15 is 0 Å². The van der Waals surface area contributed by atoms with Crippen molar-refractivity contribution in [1.82, 2.24) is 5.32 Å². The van der Waals surface area contributed by atoms with E-state index in [1.807, 2.05) is 13.8 Å². The van der Waals surface area contributed by atoms with Crippen LogP contribution in [0.4, 0.5) is 8.78 Å². The monoisotopic (exact) mass is 332 g/mol. The molecule has 22 heavy (non-hydrogen) atoms. The lowest BCUT2D eigenvalue weighted by Gasteiger charge is -2.28. The topological polar surface area (TPSA) is 55.1 Å². The number of halogens is 3. The van der Waals surface area contributed by atoms with Crippen molar-refractivity contribution < 1.29 is 13.6 Å². The van der Waals surface area contributed by atoms with Crippen molar-refractivity contribution in [2.24, 2.45) is 11.1 Å². The van der Waals surface area contributed by atoms with Crippen molar-refractivity contribution in [1.29, 1.82) is 0 Å². The Morgan fingerprint density at radius 2 is 1.86 bits per heavy atom. The summed E-state index contributed by atoms with van der Waals surface area (Å²) in [7, 11) is 0. The molecule has 124 valence electrons. The molecule has 0 radical (unpaired) electrons. The highest BCUT2D eigenvalue weighted by atomic mass is 35.5. The van der Waals surface area contributed by atoms with Gasteiger partial charge < -0.3 is 11.1 Å². The molecule has 2 atom stereocenters. The SMILES string of the molecule is CCC(CC)(CN)C(=O)NC1CC1c1c(F)cccc1F.Cl. The summed E-state index contributed by atoms with van der Waals surface area (Å²) < 4.78 is 27.4. The molecule has 1 saturated carbocycles. The highest BCUT2D eigenvalue weighted by molar-refractivity contribution is 5.85. The van der Waals surface area contributed by atoms with Crippen LogP contribution in [0.15, 0.2) is 18.2 Å². The van der Waals surface area contributed by atoms with Gasteiger partial charge in [0.05, 0.1) is 5.41 Å². The van der Waals surface area contributed by atoms with E-state index < -0.39 is 17.0 Å². The van der Waals surface area contributed by atoms with Crippen LogP contribution in [0, 0.1) is 17.0 Å². The Morgan fingerprint density at radius 1 is 1.32 bits per heavy atom. The first kappa shape index (κ1) is 18.8.